The highest BCUT2D eigenvalue weighted by Gasteiger charge is 2.19. The van der Waals surface area contributed by atoms with Gasteiger partial charge in [0, 0.05) is 28.5 Å². The van der Waals surface area contributed by atoms with Crippen LogP contribution in [-0.2, 0) is 12.8 Å². The van der Waals surface area contributed by atoms with Gasteiger partial charge in [0.1, 0.15) is 5.75 Å². The fourth-order valence-electron chi connectivity index (χ4n) is 2.52. The van der Waals surface area contributed by atoms with Crippen molar-refractivity contribution in [3.05, 3.63) is 58.6 Å². The molecule has 0 aliphatic carbocycles. The average Bonchev–Trinajstić information content (AvgIpc) is 2.94. The number of halogens is 1. The van der Waals surface area contributed by atoms with Gasteiger partial charge in [-0.25, -0.2) is 0 Å². The number of rotatable bonds is 5. The molecule has 1 aliphatic rings. The number of aliphatic hydroxyl groups excluding tert-OH is 1. The van der Waals surface area contributed by atoms with E-state index in [-0.39, 0.29) is 0 Å². The highest BCUT2D eigenvalue weighted by molar-refractivity contribution is 7.99. The summed E-state index contributed by atoms with van der Waals surface area (Å²) < 4.78 is 5.67. The van der Waals surface area contributed by atoms with Crippen LogP contribution in [0, 0.1) is 0 Å². The molecule has 2 aromatic carbocycles. The Morgan fingerprint density at radius 3 is 2.86 bits per heavy atom. The first-order valence-electron chi connectivity index (χ1n) is 7.02. The van der Waals surface area contributed by atoms with Crippen molar-refractivity contribution >= 4 is 23.4 Å². The van der Waals surface area contributed by atoms with Gasteiger partial charge in [-0.1, -0.05) is 29.8 Å². The van der Waals surface area contributed by atoms with Crippen molar-refractivity contribution < 1.29 is 9.84 Å². The predicted molar refractivity (Wildman–Crippen MR) is 87.5 cm³/mol. The average molecular weight is 321 g/mol. The lowest BCUT2D eigenvalue weighted by Gasteiger charge is -2.13. The van der Waals surface area contributed by atoms with Gasteiger partial charge < -0.3 is 9.84 Å². The lowest BCUT2D eigenvalue weighted by Crippen LogP contribution is -2.14. The Hall–Kier alpha value is -1.16. The number of benzene rings is 2. The van der Waals surface area contributed by atoms with E-state index >= 15 is 0 Å². The van der Waals surface area contributed by atoms with Gasteiger partial charge in [-0.05, 0) is 35.4 Å². The fraction of sp³-hybridized carbons (Fsp3) is 0.294. The van der Waals surface area contributed by atoms with E-state index in [1.807, 2.05) is 30.3 Å². The van der Waals surface area contributed by atoms with Crippen molar-refractivity contribution in [2.75, 3.05) is 12.4 Å². The molecule has 0 saturated carbocycles. The van der Waals surface area contributed by atoms with Crippen LogP contribution in [0.1, 0.15) is 11.1 Å². The zero-order chi connectivity index (χ0) is 14.7. The first-order chi connectivity index (χ1) is 10.2. The van der Waals surface area contributed by atoms with Gasteiger partial charge >= 0.3 is 0 Å². The Bertz CT molecular complexity index is 616. The summed E-state index contributed by atoms with van der Waals surface area (Å²) >= 11 is 7.80. The largest absolute Gasteiger partial charge is 0.493 e. The van der Waals surface area contributed by atoms with Crippen LogP contribution < -0.4 is 4.74 Å². The summed E-state index contributed by atoms with van der Waals surface area (Å²) in [4.78, 5) is 1.17. The van der Waals surface area contributed by atoms with Crippen LogP contribution in [-0.4, -0.2) is 23.6 Å². The predicted octanol–water partition coefficient (Wildman–Crippen LogP) is 3.97. The lowest BCUT2D eigenvalue weighted by molar-refractivity contribution is 0.198. The van der Waals surface area contributed by atoms with Crippen molar-refractivity contribution in [1.29, 1.82) is 0 Å². The van der Waals surface area contributed by atoms with E-state index in [9.17, 15) is 5.11 Å². The third kappa shape index (κ3) is 3.73. The first-order valence-corrected chi connectivity index (χ1v) is 8.39. The maximum atomic E-state index is 10.3. The van der Waals surface area contributed by atoms with Gasteiger partial charge in [-0.2, -0.15) is 0 Å². The monoisotopic (exact) mass is 320 g/mol. The van der Waals surface area contributed by atoms with Crippen LogP contribution >= 0.6 is 23.4 Å². The molecule has 21 heavy (non-hydrogen) atoms. The molecule has 0 amide bonds. The Kier molecular flexibility index (Phi) is 4.73. The first kappa shape index (κ1) is 14.8. The summed E-state index contributed by atoms with van der Waals surface area (Å²) in [5.74, 6) is 1.58. The summed E-state index contributed by atoms with van der Waals surface area (Å²) in [5, 5.41) is 11.0. The molecule has 2 aromatic rings. The second kappa shape index (κ2) is 6.73. The SMILES string of the molecule is OC(CSc1ccccc1)Cc1cc(Cl)cc2c1OCC2. The Labute approximate surface area is 134 Å². The van der Waals surface area contributed by atoms with E-state index in [1.165, 1.54) is 4.90 Å². The van der Waals surface area contributed by atoms with E-state index in [4.69, 9.17) is 16.3 Å². The van der Waals surface area contributed by atoms with Crippen LogP contribution in [0.4, 0.5) is 0 Å². The van der Waals surface area contributed by atoms with E-state index in [1.54, 1.807) is 11.8 Å². The molecule has 0 fully saturated rings. The molecule has 4 heteroatoms. The van der Waals surface area contributed by atoms with Crippen LogP contribution in [0.3, 0.4) is 0 Å². The third-order valence-corrected chi connectivity index (χ3v) is 4.84. The standard InChI is InChI=1S/C17H17ClO2S/c18-14-8-12-6-7-20-17(12)13(9-14)10-15(19)11-21-16-4-2-1-3-5-16/h1-5,8-9,15,19H,6-7,10-11H2. The van der Waals surface area contributed by atoms with Gasteiger partial charge in [-0.15, -0.1) is 11.8 Å². The minimum Gasteiger partial charge on any atom is -0.493 e. The van der Waals surface area contributed by atoms with Gasteiger partial charge in [0.15, 0.2) is 0 Å². The molecule has 0 bridgehead atoms. The zero-order valence-electron chi connectivity index (χ0n) is 11.6. The maximum absolute atomic E-state index is 10.3. The molecular weight excluding hydrogens is 304 g/mol. The number of hydrogen-bond donors (Lipinski definition) is 1. The van der Waals surface area contributed by atoms with E-state index in [0.717, 1.165) is 28.3 Å². The van der Waals surface area contributed by atoms with Crippen LogP contribution in [0.5, 0.6) is 5.75 Å². The molecule has 3 rings (SSSR count). The summed E-state index contributed by atoms with van der Waals surface area (Å²) in [6.45, 7) is 0.706. The molecule has 0 radical (unpaired) electrons. The minimum atomic E-state index is -0.415. The van der Waals surface area contributed by atoms with Crippen molar-refractivity contribution in [1.82, 2.24) is 0 Å². The molecule has 0 saturated heterocycles. The molecule has 0 aromatic heterocycles. The summed E-state index contributed by atoms with van der Waals surface area (Å²) in [7, 11) is 0. The molecule has 0 spiro atoms. The topological polar surface area (TPSA) is 29.5 Å². The van der Waals surface area contributed by atoms with E-state index in [2.05, 4.69) is 12.1 Å². The summed E-state index contributed by atoms with van der Waals surface area (Å²) in [6, 6.07) is 14.0. The molecule has 1 heterocycles. The highest BCUT2D eigenvalue weighted by atomic mass is 35.5. The van der Waals surface area contributed by atoms with Gasteiger partial charge in [-0.3, -0.25) is 0 Å². The van der Waals surface area contributed by atoms with Crippen molar-refractivity contribution in [3.63, 3.8) is 0 Å². The number of ether oxygens (including phenoxy) is 1. The molecule has 2 nitrogen and oxygen atoms in total. The minimum absolute atomic E-state index is 0.415. The van der Waals surface area contributed by atoms with Gasteiger partial charge in [0.2, 0.25) is 0 Å². The zero-order valence-corrected chi connectivity index (χ0v) is 13.2. The number of fused-ring (bicyclic) bond motifs is 1. The normalized spacial score (nSPS) is 14.6. The lowest BCUT2D eigenvalue weighted by atomic mass is 10.0. The molecule has 1 aliphatic heterocycles. The Balaban J connectivity index is 1.64. The number of thioether (sulfide) groups is 1. The smallest absolute Gasteiger partial charge is 0.126 e. The molecule has 1 unspecified atom stereocenters. The van der Waals surface area contributed by atoms with E-state index < -0.39 is 6.10 Å². The quantitative estimate of drug-likeness (QED) is 0.845. The number of aliphatic hydroxyl groups is 1. The second-order valence-corrected chi connectivity index (χ2v) is 6.66. The summed E-state index contributed by atoms with van der Waals surface area (Å²) in [5.41, 5.74) is 2.16. The Morgan fingerprint density at radius 2 is 2.05 bits per heavy atom. The molecule has 1 atom stereocenters. The third-order valence-electron chi connectivity index (χ3n) is 3.47. The second-order valence-electron chi connectivity index (χ2n) is 5.13. The maximum Gasteiger partial charge on any atom is 0.126 e. The van der Waals surface area contributed by atoms with Crippen LogP contribution in [0.2, 0.25) is 5.02 Å². The number of hydrogen-bond acceptors (Lipinski definition) is 3. The molecule has 110 valence electrons. The highest BCUT2D eigenvalue weighted by Crippen LogP contribution is 2.34. The van der Waals surface area contributed by atoms with Crippen molar-refractivity contribution in [2.24, 2.45) is 0 Å². The van der Waals surface area contributed by atoms with Crippen LogP contribution in [0.15, 0.2) is 47.4 Å². The fourth-order valence-corrected chi connectivity index (χ4v) is 3.64. The van der Waals surface area contributed by atoms with Crippen molar-refractivity contribution in [3.8, 4) is 5.75 Å². The van der Waals surface area contributed by atoms with Crippen molar-refractivity contribution in [2.45, 2.75) is 23.8 Å². The Morgan fingerprint density at radius 1 is 1.24 bits per heavy atom. The molecule has 1 N–H and O–H groups in total. The van der Waals surface area contributed by atoms with Crippen LogP contribution in [0.25, 0.3) is 0 Å². The summed E-state index contributed by atoms with van der Waals surface area (Å²) in [6.07, 6.45) is 1.06. The van der Waals surface area contributed by atoms with E-state index in [0.29, 0.717) is 18.8 Å². The van der Waals surface area contributed by atoms with Gasteiger partial charge in [0.25, 0.3) is 0 Å². The van der Waals surface area contributed by atoms with Gasteiger partial charge in [0.05, 0.1) is 12.7 Å². The molecular formula is C17H17ClO2S.